The Morgan fingerprint density at radius 3 is 2.50 bits per heavy atom. The predicted octanol–water partition coefficient (Wildman–Crippen LogP) is 4.78. The van der Waals surface area contributed by atoms with E-state index in [1.165, 1.54) is 24.5 Å². The molecular weight excluding hydrogens is 447 g/mol. The zero-order chi connectivity index (χ0) is 24.3. The molecule has 0 atom stereocenters. The van der Waals surface area contributed by atoms with Gasteiger partial charge in [-0.15, -0.1) is 0 Å². The van der Waals surface area contributed by atoms with E-state index in [2.05, 4.69) is 27.2 Å². The van der Waals surface area contributed by atoms with Crippen LogP contribution in [0.4, 0.5) is 24.8 Å². The van der Waals surface area contributed by atoms with Gasteiger partial charge in [-0.25, -0.2) is 9.97 Å². The monoisotopic (exact) mass is 469 g/mol. The first-order valence-corrected chi connectivity index (χ1v) is 10.5. The van der Waals surface area contributed by atoms with Gasteiger partial charge in [0, 0.05) is 12.1 Å². The second kappa shape index (κ2) is 9.42. The minimum Gasteiger partial charge on any atom is -0.457 e. The zero-order valence-electron chi connectivity index (χ0n) is 18.0. The van der Waals surface area contributed by atoms with Crippen LogP contribution in [0.25, 0.3) is 11.1 Å². The van der Waals surface area contributed by atoms with Crippen LogP contribution in [0.5, 0.6) is 11.5 Å². The average Bonchev–Trinajstić information content (AvgIpc) is 2.78. The highest BCUT2D eigenvalue weighted by molar-refractivity contribution is 5.87. The number of nitrogen functional groups attached to an aromatic ring is 1. The van der Waals surface area contributed by atoms with Gasteiger partial charge >= 0.3 is 6.18 Å². The van der Waals surface area contributed by atoms with Gasteiger partial charge in [0.2, 0.25) is 5.91 Å². The van der Waals surface area contributed by atoms with Gasteiger partial charge in [0.15, 0.2) is 0 Å². The van der Waals surface area contributed by atoms with Crippen molar-refractivity contribution >= 4 is 17.5 Å². The van der Waals surface area contributed by atoms with E-state index in [0.29, 0.717) is 22.7 Å². The number of hydrogen-bond acceptors (Lipinski definition) is 6. The fourth-order valence-corrected chi connectivity index (χ4v) is 3.66. The van der Waals surface area contributed by atoms with Gasteiger partial charge in [-0.1, -0.05) is 24.8 Å². The number of rotatable bonds is 7. The highest BCUT2D eigenvalue weighted by atomic mass is 19.4. The summed E-state index contributed by atoms with van der Waals surface area (Å²) >= 11 is 0. The highest BCUT2D eigenvalue weighted by Crippen LogP contribution is 2.36. The summed E-state index contributed by atoms with van der Waals surface area (Å²) in [5.74, 6) is 1.07. The Morgan fingerprint density at radius 2 is 1.82 bits per heavy atom. The van der Waals surface area contributed by atoms with Crippen LogP contribution in [-0.4, -0.2) is 28.0 Å². The average molecular weight is 469 g/mol. The summed E-state index contributed by atoms with van der Waals surface area (Å²) in [5, 5.41) is 6.18. The Hall–Kier alpha value is -4.08. The molecule has 0 radical (unpaired) electrons. The number of anilines is 2. The topological polar surface area (TPSA) is 102 Å². The van der Waals surface area contributed by atoms with Crippen LogP contribution in [0.15, 0.2) is 67.5 Å². The number of benzene rings is 2. The molecule has 2 aromatic carbocycles. The number of ether oxygens (including phenoxy) is 1. The molecule has 1 amide bonds. The van der Waals surface area contributed by atoms with Gasteiger partial charge in [0.1, 0.15) is 29.5 Å². The summed E-state index contributed by atoms with van der Waals surface area (Å²) < 4.78 is 44.4. The maximum Gasteiger partial charge on any atom is 0.416 e. The molecule has 1 saturated carbocycles. The molecule has 0 spiro atoms. The van der Waals surface area contributed by atoms with Gasteiger partial charge in [-0.05, 0) is 54.8 Å². The molecule has 1 aliphatic carbocycles. The number of nitrogens with two attached hydrogens (primary N) is 1. The van der Waals surface area contributed by atoms with Crippen LogP contribution >= 0.6 is 0 Å². The standard InChI is InChI=1S/C24H22F3N5O2/c1-2-20(33)31-16-11-17(12-16)32-23-21(22(28)29-13-30-23)14-6-8-18(9-7-14)34-19-5-3-4-15(10-19)24(25,26)27/h2-10,13,16-17H,1,11-12H2,(H,31,33)(H3,28,29,30,32)/t16-,17-. The number of amides is 1. The molecule has 10 heteroatoms. The number of hydrogen-bond donors (Lipinski definition) is 3. The molecule has 7 nitrogen and oxygen atoms in total. The number of nitrogens with one attached hydrogen (secondary N) is 2. The first kappa shape index (κ1) is 23.1. The van der Waals surface area contributed by atoms with Crippen LogP contribution in [-0.2, 0) is 11.0 Å². The van der Waals surface area contributed by atoms with Crippen LogP contribution in [0.2, 0.25) is 0 Å². The summed E-state index contributed by atoms with van der Waals surface area (Å²) in [6.07, 6.45) is -0.388. The molecule has 4 N–H and O–H groups in total. The lowest BCUT2D eigenvalue weighted by Crippen LogP contribution is -2.49. The number of carbonyl (C=O) groups excluding carboxylic acids is 1. The Kier molecular flexibility index (Phi) is 6.40. The molecule has 4 rings (SSSR count). The highest BCUT2D eigenvalue weighted by Gasteiger charge is 2.31. The summed E-state index contributed by atoms with van der Waals surface area (Å²) in [6, 6.07) is 11.6. The minimum atomic E-state index is -4.45. The van der Waals surface area contributed by atoms with E-state index in [0.717, 1.165) is 25.0 Å². The molecular formula is C24H22F3N5O2. The second-order valence-corrected chi connectivity index (χ2v) is 7.86. The van der Waals surface area contributed by atoms with Crippen molar-refractivity contribution in [3.8, 4) is 22.6 Å². The van der Waals surface area contributed by atoms with Gasteiger partial charge in [-0.3, -0.25) is 4.79 Å². The molecule has 0 aliphatic heterocycles. The van der Waals surface area contributed by atoms with E-state index >= 15 is 0 Å². The van der Waals surface area contributed by atoms with Crippen LogP contribution in [0, 0.1) is 0 Å². The van der Waals surface area contributed by atoms with E-state index < -0.39 is 11.7 Å². The van der Waals surface area contributed by atoms with E-state index in [-0.39, 0.29) is 29.6 Å². The molecule has 176 valence electrons. The molecule has 1 heterocycles. The van der Waals surface area contributed by atoms with Crippen LogP contribution < -0.4 is 21.1 Å². The zero-order valence-corrected chi connectivity index (χ0v) is 18.0. The van der Waals surface area contributed by atoms with E-state index in [1.54, 1.807) is 24.3 Å². The Morgan fingerprint density at radius 1 is 1.09 bits per heavy atom. The van der Waals surface area contributed by atoms with Crippen LogP contribution in [0.3, 0.4) is 0 Å². The van der Waals surface area contributed by atoms with Gasteiger partial charge in [-0.2, -0.15) is 13.2 Å². The van der Waals surface area contributed by atoms with E-state index in [9.17, 15) is 18.0 Å². The fraction of sp³-hybridized carbons (Fsp3) is 0.208. The van der Waals surface area contributed by atoms with Gasteiger partial charge in [0.25, 0.3) is 0 Å². The molecule has 0 saturated heterocycles. The molecule has 1 aliphatic rings. The molecule has 0 bridgehead atoms. The Balaban J connectivity index is 1.47. The third-order valence-corrected chi connectivity index (χ3v) is 5.43. The van der Waals surface area contributed by atoms with Gasteiger partial charge in [0.05, 0.1) is 11.1 Å². The number of halogens is 3. The molecule has 3 aromatic rings. The largest absolute Gasteiger partial charge is 0.457 e. The molecule has 34 heavy (non-hydrogen) atoms. The molecule has 1 aromatic heterocycles. The number of alkyl halides is 3. The lowest BCUT2D eigenvalue weighted by molar-refractivity contribution is -0.137. The number of aromatic nitrogens is 2. The SMILES string of the molecule is C=CC(=O)N[C@H]1C[C@H](Nc2ncnc(N)c2-c2ccc(Oc3cccc(C(F)(F)F)c3)cc2)C1. The molecule has 0 unspecified atom stereocenters. The summed E-state index contributed by atoms with van der Waals surface area (Å²) in [7, 11) is 0. The normalized spacial score (nSPS) is 17.4. The molecule has 1 fully saturated rings. The quantitative estimate of drug-likeness (QED) is 0.431. The third kappa shape index (κ3) is 5.28. The minimum absolute atomic E-state index is 0.0675. The fourth-order valence-electron chi connectivity index (χ4n) is 3.66. The van der Waals surface area contributed by atoms with E-state index in [4.69, 9.17) is 10.5 Å². The summed E-state index contributed by atoms with van der Waals surface area (Å²) in [5.41, 5.74) is 6.66. The van der Waals surface area contributed by atoms with Crippen molar-refractivity contribution < 1.29 is 22.7 Å². The van der Waals surface area contributed by atoms with Crippen molar-refractivity contribution in [3.05, 3.63) is 73.1 Å². The lowest BCUT2D eigenvalue weighted by atomic mass is 9.86. The van der Waals surface area contributed by atoms with Gasteiger partial charge < -0.3 is 21.1 Å². The van der Waals surface area contributed by atoms with E-state index in [1.807, 2.05) is 0 Å². The lowest BCUT2D eigenvalue weighted by Gasteiger charge is -2.36. The number of carbonyl (C=O) groups is 1. The maximum atomic E-state index is 12.9. The first-order valence-electron chi connectivity index (χ1n) is 10.5. The smallest absolute Gasteiger partial charge is 0.416 e. The van der Waals surface area contributed by atoms with Crippen LogP contribution in [0.1, 0.15) is 18.4 Å². The first-order chi connectivity index (χ1) is 16.2. The maximum absolute atomic E-state index is 12.9. The van der Waals surface area contributed by atoms with Crippen molar-refractivity contribution in [3.63, 3.8) is 0 Å². The number of nitrogens with zero attached hydrogens (tertiary/aromatic N) is 2. The second-order valence-electron chi connectivity index (χ2n) is 7.86. The Labute approximate surface area is 193 Å². The van der Waals surface area contributed by atoms with Crippen molar-refractivity contribution in [2.45, 2.75) is 31.1 Å². The van der Waals surface area contributed by atoms with Crippen molar-refractivity contribution in [2.75, 3.05) is 11.1 Å². The summed E-state index contributed by atoms with van der Waals surface area (Å²) in [6.45, 7) is 3.44. The Bertz CT molecular complexity index is 1190. The third-order valence-electron chi connectivity index (χ3n) is 5.43. The van der Waals surface area contributed by atoms with Crippen molar-refractivity contribution in [2.24, 2.45) is 0 Å². The van der Waals surface area contributed by atoms with Crippen molar-refractivity contribution in [1.29, 1.82) is 0 Å². The predicted molar refractivity (Wildman–Crippen MR) is 122 cm³/mol. The van der Waals surface area contributed by atoms with Crippen molar-refractivity contribution in [1.82, 2.24) is 15.3 Å². The summed E-state index contributed by atoms with van der Waals surface area (Å²) in [4.78, 5) is 19.8.